The Hall–Kier alpha value is -0.310. The first kappa shape index (κ1) is 8.78. The van der Waals surface area contributed by atoms with Gasteiger partial charge >= 0.3 is 0 Å². The monoisotopic (exact) mass is 258 g/mol. The van der Waals surface area contributed by atoms with Gasteiger partial charge in [0, 0.05) is 3.92 Å². The molecule has 1 aromatic carbocycles. The van der Waals surface area contributed by atoms with E-state index >= 15 is 0 Å². The third-order valence-corrected chi connectivity index (χ3v) is 2.32. The molecule has 1 aromatic rings. The summed E-state index contributed by atoms with van der Waals surface area (Å²) in [5.74, 6) is 0. The summed E-state index contributed by atoms with van der Waals surface area (Å²) in [6, 6.07) is 8.35. The number of hydrogen-bond acceptors (Lipinski definition) is 0. The highest BCUT2D eigenvalue weighted by atomic mass is 127. The molecule has 0 amide bonds. The van der Waals surface area contributed by atoms with E-state index in [1.807, 2.05) is 12.1 Å². The van der Waals surface area contributed by atoms with Crippen molar-refractivity contribution in [2.24, 2.45) is 0 Å². The quantitative estimate of drug-likeness (QED) is 0.558. The number of rotatable bonds is 2. The molecule has 0 spiro atoms. The van der Waals surface area contributed by atoms with Gasteiger partial charge in [-0.25, -0.2) is 0 Å². The fourth-order valence-electron chi connectivity index (χ4n) is 1.06. The molecule has 1 unspecified atom stereocenters. The van der Waals surface area contributed by atoms with Crippen LogP contribution in [0.2, 0.25) is 0 Å². The van der Waals surface area contributed by atoms with Crippen LogP contribution >= 0.6 is 22.6 Å². The minimum Gasteiger partial charge on any atom is -0.0985 e. The Balaban J connectivity index is 3.12. The van der Waals surface area contributed by atoms with E-state index in [2.05, 4.69) is 54.3 Å². The van der Waals surface area contributed by atoms with Crippen LogP contribution in [0, 0.1) is 0 Å². The molecule has 0 radical (unpaired) electrons. The molecule has 0 aromatic heterocycles. The van der Waals surface area contributed by atoms with Crippen LogP contribution in [0.4, 0.5) is 0 Å². The van der Waals surface area contributed by atoms with Gasteiger partial charge in [0.15, 0.2) is 0 Å². The molecule has 0 saturated heterocycles. The van der Waals surface area contributed by atoms with Crippen LogP contribution < -0.4 is 0 Å². The molecule has 0 N–H and O–H groups in total. The Morgan fingerprint density at radius 1 is 1.45 bits per heavy atom. The third-order valence-electron chi connectivity index (χ3n) is 1.64. The van der Waals surface area contributed by atoms with Crippen LogP contribution in [-0.4, -0.2) is 0 Å². The maximum absolute atomic E-state index is 3.77. The van der Waals surface area contributed by atoms with Crippen LogP contribution in [0.25, 0.3) is 6.08 Å². The Kier molecular flexibility index (Phi) is 3.12. The van der Waals surface area contributed by atoms with E-state index in [-0.39, 0.29) is 0 Å². The fourth-order valence-corrected chi connectivity index (χ4v) is 1.63. The van der Waals surface area contributed by atoms with Crippen molar-refractivity contribution in [3.63, 3.8) is 0 Å². The molecular weight excluding hydrogens is 247 g/mol. The highest BCUT2D eigenvalue weighted by Gasteiger charge is 2.02. The lowest BCUT2D eigenvalue weighted by atomic mass is 10.1. The Bertz CT molecular complexity index is 251. The van der Waals surface area contributed by atoms with Crippen molar-refractivity contribution in [1.82, 2.24) is 0 Å². The molecule has 11 heavy (non-hydrogen) atoms. The predicted octanol–water partition coefficient (Wildman–Crippen LogP) is 3.83. The SMILES string of the molecule is C=Cc1ccccc1C(C)I. The smallest absolute Gasteiger partial charge is 0.0337 e. The lowest BCUT2D eigenvalue weighted by molar-refractivity contribution is 1.14. The first-order valence-corrected chi connectivity index (χ1v) is 4.85. The normalized spacial score (nSPS) is 12.5. The molecule has 0 heterocycles. The van der Waals surface area contributed by atoms with Crippen LogP contribution in [0.5, 0.6) is 0 Å². The summed E-state index contributed by atoms with van der Waals surface area (Å²) in [6.45, 7) is 5.95. The molecule has 0 aliphatic carbocycles. The van der Waals surface area contributed by atoms with Crippen LogP contribution in [0.15, 0.2) is 30.8 Å². The molecule has 0 aliphatic heterocycles. The molecule has 0 saturated carbocycles. The van der Waals surface area contributed by atoms with Gasteiger partial charge in [0.05, 0.1) is 0 Å². The van der Waals surface area contributed by atoms with E-state index in [1.165, 1.54) is 11.1 Å². The second-order valence-corrected chi connectivity index (χ2v) is 4.32. The lowest BCUT2D eigenvalue weighted by Crippen LogP contribution is -1.86. The lowest BCUT2D eigenvalue weighted by Gasteiger charge is -2.06. The zero-order valence-corrected chi connectivity index (χ0v) is 8.71. The molecule has 1 heteroatoms. The molecule has 1 rings (SSSR count). The molecular formula is C10H11I. The van der Waals surface area contributed by atoms with Gasteiger partial charge in [-0.3, -0.25) is 0 Å². The second kappa shape index (κ2) is 3.90. The topological polar surface area (TPSA) is 0 Å². The zero-order valence-electron chi connectivity index (χ0n) is 6.55. The van der Waals surface area contributed by atoms with E-state index in [4.69, 9.17) is 0 Å². The van der Waals surface area contributed by atoms with Gasteiger partial charge < -0.3 is 0 Å². The summed E-state index contributed by atoms with van der Waals surface area (Å²) in [5.41, 5.74) is 2.61. The summed E-state index contributed by atoms with van der Waals surface area (Å²) in [6.07, 6.45) is 1.91. The Morgan fingerprint density at radius 2 is 2.09 bits per heavy atom. The molecule has 0 aliphatic rings. The maximum Gasteiger partial charge on any atom is 0.0337 e. The number of benzene rings is 1. The minimum atomic E-state index is 0.557. The summed E-state index contributed by atoms with van der Waals surface area (Å²) < 4.78 is 0.557. The first-order valence-electron chi connectivity index (χ1n) is 3.61. The van der Waals surface area contributed by atoms with Crippen molar-refractivity contribution < 1.29 is 0 Å². The molecule has 1 atom stereocenters. The van der Waals surface area contributed by atoms with Gasteiger partial charge in [-0.05, 0) is 18.1 Å². The van der Waals surface area contributed by atoms with Crippen molar-refractivity contribution in [2.45, 2.75) is 10.8 Å². The number of alkyl halides is 1. The highest BCUT2D eigenvalue weighted by molar-refractivity contribution is 14.1. The molecule has 0 nitrogen and oxygen atoms in total. The Morgan fingerprint density at radius 3 is 2.55 bits per heavy atom. The van der Waals surface area contributed by atoms with E-state index in [9.17, 15) is 0 Å². The van der Waals surface area contributed by atoms with Gasteiger partial charge in [-0.15, -0.1) is 0 Å². The van der Waals surface area contributed by atoms with Gasteiger partial charge in [0.25, 0.3) is 0 Å². The molecule has 0 fully saturated rings. The van der Waals surface area contributed by atoms with Gasteiger partial charge in [-0.2, -0.15) is 0 Å². The van der Waals surface area contributed by atoms with Gasteiger partial charge in [0.2, 0.25) is 0 Å². The van der Waals surface area contributed by atoms with Gasteiger partial charge in [0.1, 0.15) is 0 Å². The summed E-state index contributed by atoms with van der Waals surface area (Å²) in [5, 5.41) is 0. The fraction of sp³-hybridized carbons (Fsp3) is 0.200. The Labute approximate surface area is 81.5 Å². The van der Waals surface area contributed by atoms with E-state index in [1.54, 1.807) is 0 Å². The number of hydrogen-bond donors (Lipinski definition) is 0. The average Bonchev–Trinajstić information content (AvgIpc) is 2.04. The van der Waals surface area contributed by atoms with Gasteiger partial charge in [-0.1, -0.05) is 59.5 Å². The van der Waals surface area contributed by atoms with Crippen LogP contribution in [0.3, 0.4) is 0 Å². The molecule has 0 bridgehead atoms. The highest BCUT2D eigenvalue weighted by Crippen LogP contribution is 2.25. The van der Waals surface area contributed by atoms with Crippen LogP contribution in [-0.2, 0) is 0 Å². The summed E-state index contributed by atoms with van der Waals surface area (Å²) in [7, 11) is 0. The standard InChI is InChI=1S/C10H11I/c1-3-9-6-4-5-7-10(9)8(2)11/h3-8H,1H2,2H3. The van der Waals surface area contributed by atoms with Crippen molar-refractivity contribution in [3.05, 3.63) is 42.0 Å². The van der Waals surface area contributed by atoms with Crippen molar-refractivity contribution in [2.75, 3.05) is 0 Å². The maximum atomic E-state index is 3.77. The second-order valence-electron chi connectivity index (χ2n) is 2.45. The average molecular weight is 258 g/mol. The van der Waals surface area contributed by atoms with Crippen molar-refractivity contribution in [1.29, 1.82) is 0 Å². The molecule has 58 valence electrons. The van der Waals surface area contributed by atoms with Crippen molar-refractivity contribution >= 4 is 28.7 Å². The predicted molar refractivity (Wildman–Crippen MR) is 59.0 cm³/mol. The van der Waals surface area contributed by atoms with E-state index in [0.717, 1.165) is 0 Å². The first-order chi connectivity index (χ1) is 5.25. The zero-order chi connectivity index (χ0) is 8.27. The van der Waals surface area contributed by atoms with E-state index in [0.29, 0.717) is 3.92 Å². The third kappa shape index (κ3) is 2.06. The summed E-state index contributed by atoms with van der Waals surface area (Å²) in [4.78, 5) is 0. The summed E-state index contributed by atoms with van der Waals surface area (Å²) >= 11 is 2.41. The number of halogens is 1. The minimum absolute atomic E-state index is 0.557. The van der Waals surface area contributed by atoms with Crippen molar-refractivity contribution in [3.8, 4) is 0 Å². The largest absolute Gasteiger partial charge is 0.0985 e. The van der Waals surface area contributed by atoms with Crippen LogP contribution in [0.1, 0.15) is 22.0 Å². The van der Waals surface area contributed by atoms with E-state index < -0.39 is 0 Å².